The molecule has 1 N–H and O–H groups in total. The monoisotopic (exact) mass is 437 g/mol. The number of halogens is 1. The van der Waals surface area contributed by atoms with Crippen molar-refractivity contribution in [2.75, 3.05) is 16.8 Å². The van der Waals surface area contributed by atoms with Gasteiger partial charge in [0.25, 0.3) is 11.8 Å². The van der Waals surface area contributed by atoms with Crippen LogP contribution in [0.1, 0.15) is 24.2 Å². The lowest BCUT2D eigenvalue weighted by Crippen LogP contribution is -2.37. The number of pyridine rings is 1. The van der Waals surface area contributed by atoms with E-state index in [0.717, 1.165) is 10.6 Å². The zero-order valence-corrected chi connectivity index (χ0v) is 17.8. The highest BCUT2D eigenvalue weighted by molar-refractivity contribution is 7.99. The molecule has 8 heteroatoms. The highest BCUT2D eigenvalue weighted by Gasteiger charge is 2.30. The van der Waals surface area contributed by atoms with E-state index in [1.54, 1.807) is 29.3 Å². The van der Waals surface area contributed by atoms with E-state index >= 15 is 0 Å². The minimum atomic E-state index is -0.371. The van der Waals surface area contributed by atoms with Crippen LogP contribution < -0.4 is 15.0 Å². The summed E-state index contributed by atoms with van der Waals surface area (Å²) < 4.78 is 18.4. The van der Waals surface area contributed by atoms with E-state index in [-0.39, 0.29) is 30.3 Å². The van der Waals surface area contributed by atoms with Crippen molar-refractivity contribution < 1.29 is 18.7 Å². The number of rotatable bonds is 5. The summed E-state index contributed by atoms with van der Waals surface area (Å²) >= 11 is 1.39. The Kier molecular flexibility index (Phi) is 5.90. The van der Waals surface area contributed by atoms with Crippen molar-refractivity contribution in [1.29, 1.82) is 0 Å². The van der Waals surface area contributed by atoms with Gasteiger partial charge in [0.05, 0.1) is 11.3 Å². The summed E-state index contributed by atoms with van der Waals surface area (Å²) in [5, 5.41) is 3.42. The first kappa shape index (κ1) is 20.9. The highest BCUT2D eigenvalue weighted by Crippen LogP contribution is 2.42. The molecule has 0 aliphatic carbocycles. The van der Waals surface area contributed by atoms with Crippen LogP contribution in [-0.2, 0) is 4.79 Å². The van der Waals surface area contributed by atoms with Crippen LogP contribution in [0.5, 0.6) is 5.75 Å². The molecule has 0 saturated heterocycles. The van der Waals surface area contributed by atoms with Crippen LogP contribution in [0.4, 0.5) is 15.8 Å². The van der Waals surface area contributed by atoms with E-state index in [9.17, 15) is 14.0 Å². The van der Waals surface area contributed by atoms with Gasteiger partial charge in [-0.05, 0) is 68.4 Å². The molecule has 1 aromatic heterocycles. The molecule has 31 heavy (non-hydrogen) atoms. The Morgan fingerprint density at radius 2 is 1.97 bits per heavy atom. The fraction of sp³-hybridized carbons (Fsp3) is 0.174. The smallest absolute Gasteiger partial charge is 0.262 e. The molecule has 1 aliphatic heterocycles. The van der Waals surface area contributed by atoms with E-state index in [4.69, 9.17) is 4.74 Å². The number of fused-ring (bicyclic) bond motifs is 2. The minimum Gasteiger partial charge on any atom is -0.484 e. The van der Waals surface area contributed by atoms with Crippen molar-refractivity contribution in [3.63, 3.8) is 0 Å². The molecular weight excluding hydrogens is 417 g/mol. The molecule has 0 unspecified atom stereocenters. The number of benzene rings is 2. The van der Waals surface area contributed by atoms with E-state index in [2.05, 4.69) is 10.3 Å². The lowest BCUT2D eigenvalue weighted by Gasteiger charge is -2.27. The first-order valence-corrected chi connectivity index (χ1v) is 10.5. The summed E-state index contributed by atoms with van der Waals surface area (Å²) in [6, 6.07) is 14.3. The minimum absolute atomic E-state index is 0.0532. The molecule has 0 fully saturated rings. The molecule has 0 saturated carbocycles. The third kappa shape index (κ3) is 4.54. The molecule has 158 valence electrons. The number of carbonyl (C=O) groups excluding carboxylic acids is 2. The van der Waals surface area contributed by atoms with Crippen molar-refractivity contribution in [3.8, 4) is 5.75 Å². The van der Waals surface area contributed by atoms with Gasteiger partial charge in [-0.2, -0.15) is 0 Å². The van der Waals surface area contributed by atoms with Crippen molar-refractivity contribution in [1.82, 2.24) is 4.98 Å². The van der Waals surface area contributed by atoms with E-state index in [1.165, 1.54) is 36.0 Å². The second-order valence-electron chi connectivity index (χ2n) is 7.20. The lowest BCUT2D eigenvalue weighted by molar-refractivity contribution is -0.118. The Hall–Kier alpha value is -3.39. The Bertz CT molecular complexity index is 1140. The summed E-state index contributed by atoms with van der Waals surface area (Å²) in [5.41, 5.74) is 1.90. The lowest BCUT2D eigenvalue weighted by atomic mass is 10.1. The first-order chi connectivity index (χ1) is 14.9. The van der Waals surface area contributed by atoms with Crippen LogP contribution in [0.3, 0.4) is 0 Å². The van der Waals surface area contributed by atoms with Gasteiger partial charge < -0.3 is 15.0 Å². The van der Waals surface area contributed by atoms with Crippen LogP contribution in [0.25, 0.3) is 0 Å². The molecule has 0 atom stereocenters. The standard InChI is InChI=1S/C23H20FN3O3S/c1-14(2)27-19-10-7-16(26-21(28)13-30-17-8-5-15(24)6-9-17)12-20(19)31-22-18(23(27)29)4-3-11-25-22/h3-12,14H,13H2,1-2H3,(H,26,28). The molecule has 1 aliphatic rings. The fourth-order valence-electron chi connectivity index (χ4n) is 3.24. The number of ether oxygens (including phenoxy) is 1. The second kappa shape index (κ2) is 8.77. The molecule has 0 radical (unpaired) electrons. The van der Waals surface area contributed by atoms with Crippen LogP contribution >= 0.6 is 11.8 Å². The third-order valence-corrected chi connectivity index (χ3v) is 5.70. The normalized spacial score (nSPS) is 12.8. The van der Waals surface area contributed by atoms with E-state index in [0.29, 0.717) is 22.0 Å². The molecule has 2 aromatic carbocycles. The van der Waals surface area contributed by atoms with Gasteiger partial charge in [-0.15, -0.1) is 0 Å². The van der Waals surface area contributed by atoms with Crippen molar-refractivity contribution >= 4 is 35.0 Å². The van der Waals surface area contributed by atoms with Crippen LogP contribution in [0, 0.1) is 5.82 Å². The average Bonchev–Trinajstić information content (AvgIpc) is 2.87. The van der Waals surface area contributed by atoms with Crippen LogP contribution in [0.2, 0.25) is 0 Å². The van der Waals surface area contributed by atoms with E-state index in [1.807, 2.05) is 26.0 Å². The number of nitrogens with one attached hydrogen (secondary N) is 1. The van der Waals surface area contributed by atoms with Gasteiger partial charge in [0.2, 0.25) is 0 Å². The summed E-state index contributed by atoms with van der Waals surface area (Å²) in [6.07, 6.45) is 1.65. The van der Waals surface area contributed by atoms with Crippen LogP contribution in [0.15, 0.2) is 70.7 Å². The maximum atomic E-state index is 13.1. The zero-order chi connectivity index (χ0) is 22.0. The SMILES string of the molecule is CC(C)N1C(=O)c2cccnc2Sc2cc(NC(=O)COc3ccc(F)cc3)ccc21. The predicted molar refractivity (Wildman–Crippen MR) is 117 cm³/mol. The summed E-state index contributed by atoms with van der Waals surface area (Å²) in [7, 11) is 0. The molecule has 2 heterocycles. The number of hydrogen-bond donors (Lipinski definition) is 1. The Morgan fingerprint density at radius 3 is 2.71 bits per heavy atom. The number of aromatic nitrogens is 1. The van der Waals surface area contributed by atoms with Gasteiger partial charge >= 0.3 is 0 Å². The number of carbonyl (C=O) groups is 2. The quantitative estimate of drug-likeness (QED) is 0.623. The van der Waals surface area contributed by atoms with Gasteiger partial charge in [-0.1, -0.05) is 11.8 Å². The van der Waals surface area contributed by atoms with Crippen molar-refractivity contribution in [2.45, 2.75) is 29.8 Å². The zero-order valence-electron chi connectivity index (χ0n) is 17.0. The molecule has 2 amide bonds. The number of hydrogen-bond acceptors (Lipinski definition) is 5. The molecule has 3 aromatic rings. The predicted octanol–water partition coefficient (Wildman–Crippen LogP) is 4.76. The average molecular weight is 437 g/mol. The molecule has 6 nitrogen and oxygen atoms in total. The number of nitrogens with zero attached hydrogens (tertiary/aromatic N) is 2. The van der Waals surface area contributed by atoms with Crippen molar-refractivity contribution in [3.05, 3.63) is 72.2 Å². The maximum absolute atomic E-state index is 13.1. The molecular formula is C23H20FN3O3S. The number of amides is 2. The summed E-state index contributed by atoms with van der Waals surface area (Å²) in [5.74, 6) is -0.417. The molecule has 0 bridgehead atoms. The maximum Gasteiger partial charge on any atom is 0.262 e. The summed E-state index contributed by atoms with van der Waals surface area (Å²) in [4.78, 5) is 32.3. The largest absolute Gasteiger partial charge is 0.484 e. The topological polar surface area (TPSA) is 71.5 Å². The highest BCUT2D eigenvalue weighted by atomic mass is 32.2. The molecule has 4 rings (SSSR count). The van der Waals surface area contributed by atoms with Crippen LogP contribution in [-0.4, -0.2) is 29.4 Å². The van der Waals surface area contributed by atoms with Gasteiger partial charge in [0.1, 0.15) is 16.6 Å². The second-order valence-corrected chi connectivity index (χ2v) is 8.23. The Balaban J connectivity index is 1.55. The Labute approximate surface area is 183 Å². The third-order valence-electron chi connectivity index (χ3n) is 4.63. The Morgan fingerprint density at radius 1 is 1.19 bits per heavy atom. The first-order valence-electron chi connectivity index (χ1n) is 9.71. The van der Waals surface area contributed by atoms with Gasteiger partial charge in [0, 0.05) is 22.8 Å². The van der Waals surface area contributed by atoms with Gasteiger partial charge in [-0.3, -0.25) is 9.59 Å². The van der Waals surface area contributed by atoms with Gasteiger partial charge in [0.15, 0.2) is 6.61 Å². The van der Waals surface area contributed by atoms with Gasteiger partial charge in [-0.25, -0.2) is 9.37 Å². The fourth-order valence-corrected chi connectivity index (χ4v) is 4.28. The van der Waals surface area contributed by atoms with Crippen molar-refractivity contribution in [2.24, 2.45) is 0 Å². The molecule has 0 spiro atoms. The van der Waals surface area contributed by atoms with E-state index < -0.39 is 0 Å². The number of anilines is 2. The summed E-state index contributed by atoms with van der Waals surface area (Å²) in [6.45, 7) is 3.70.